The Hall–Kier alpha value is -1.41. The van der Waals surface area contributed by atoms with E-state index < -0.39 is 5.60 Å². The van der Waals surface area contributed by atoms with Crippen molar-refractivity contribution in [2.45, 2.75) is 83.7 Å². The predicted molar refractivity (Wildman–Crippen MR) is 117 cm³/mol. The number of allylic oxidation sites excluding steroid dienone is 6. The lowest BCUT2D eigenvalue weighted by atomic mass is 9.47. The SMILES string of the molecule is CC12CCC3C(CC=C4CC(O)(CC5=CCC=CC=C5)CCC43C)C1CCC2=O. The van der Waals surface area contributed by atoms with Crippen LogP contribution in [0.3, 0.4) is 0 Å². The van der Waals surface area contributed by atoms with E-state index in [2.05, 4.69) is 50.3 Å². The number of carbonyl (C=O) groups is 1. The van der Waals surface area contributed by atoms with Gasteiger partial charge < -0.3 is 5.11 Å². The Morgan fingerprint density at radius 3 is 2.72 bits per heavy atom. The predicted octanol–water partition coefficient (Wildman–Crippen LogP) is 6.08. The van der Waals surface area contributed by atoms with Crippen molar-refractivity contribution < 1.29 is 9.90 Å². The molecule has 0 aromatic carbocycles. The first kappa shape index (κ1) is 19.5. The monoisotopic (exact) mass is 392 g/mol. The van der Waals surface area contributed by atoms with Gasteiger partial charge in [0.15, 0.2) is 0 Å². The summed E-state index contributed by atoms with van der Waals surface area (Å²) in [5.74, 6) is 2.46. The standard InChI is InChI=1S/C27H36O2/c1-25-15-16-27(29,17-19-7-5-3-4-6-8-19)18-20(25)9-10-21-22-11-12-24(28)26(22,2)14-13-23(21)25/h3-5,7-9,21-23,29H,6,10-18H2,1-2H3. The average Bonchev–Trinajstić information content (AvgIpc) is 2.85. The number of ketones is 1. The van der Waals surface area contributed by atoms with E-state index >= 15 is 0 Å². The van der Waals surface area contributed by atoms with Gasteiger partial charge >= 0.3 is 0 Å². The second-order valence-electron chi connectivity index (χ2n) is 11.1. The normalized spacial score (nSPS) is 46.3. The molecule has 0 radical (unpaired) electrons. The summed E-state index contributed by atoms with van der Waals surface area (Å²) in [6, 6.07) is 0. The molecule has 5 rings (SSSR count). The molecule has 3 fully saturated rings. The van der Waals surface area contributed by atoms with E-state index in [4.69, 9.17) is 0 Å². The molecule has 1 N–H and O–H groups in total. The van der Waals surface area contributed by atoms with Crippen molar-refractivity contribution in [1.29, 1.82) is 0 Å². The van der Waals surface area contributed by atoms with E-state index in [9.17, 15) is 9.90 Å². The Labute approximate surface area is 175 Å². The van der Waals surface area contributed by atoms with Crippen molar-refractivity contribution in [2.75, 3.05) is 0 Å². The molecule has 5 aliphatic rings. The van der Waals surface area contributed by atoms with Gasteiger partial charge in [-0.1, -0.05) is 55.9 Å². The maximum absolute atomic E-state index is 12.6. The van der Waals surface area contributed by atoms with Gasteiger partial charge in [-0.15, -0.1) is 0 Å². The van der Waals surface area contributed by atoms with Crippen LogP contribution in [0.5, 0.6) is 0 Å². The molecular formula is C27H36O2. The zero-order chi connectivity index (χ0) is 20.3. The van der Waals surface area contributed by atoms with Crippen LogP contribution in [0.4, 0.5) is 0 Å². The Morgan fingerprint density at radius 2 is 1.86 bits per heavy atom. The third-order valence-corrected chi connectivity index (χ3v) is 9.57. The minimum Gasteiger partial charge on any atom is -0.389 e. The van der Waals surface area contributed by atoms with E-state index in [0.717, 1.165) is 57.8 Å². The van der Waals surface area contributed by atoms with Crippen LogP contribution >= 0.6 is 0 Å². The van der Waals surface area contributed by atoms with E-state index in [0.29, 0.717) is 23.5 Å². The first-order valence-corrected chi connectivity index (χ1v) is 11.8. The Bertz CT molecular complexity index is 829. The topological polar surface area (TPSA) is 37.3 Å². The van der Waals surface area contributed by atoms with Gasteiger partial charge in [0.2, 0.25) is 0 Å². The van der Waals surface area contributed by atoms with Crippen molar-refractivity contribution in [3.05, 3.63) is 47.6 Å². The largest absolute Gasteiger partial charge is 0.389 e. The molecule has 3 saturated carbocycles. The maximum Gasteiger partial charge on any atom is 0.139 e. The van der Waals surface area contributed by atoms with E-state index in [1.807, 2.05) is 0 Å². The summed E-state index contributed by atoms with van der Waals surface area (Å²) >= 11 is 0. The lowest BCUT2D eigenvalue weighted by molar-refractivity contribution is -0.132. The Kier molecular flexibility index (Phi) is 4.59. The summed E-state index contributed by atoms with van der Waals surface area (Å²) in [5.41, 5.74) is 2.35. The van der Waals surface area contributed by atoms with Crippen molar-refractivity contribution in [3.8, 4) is 0 Å². The molecule has 0 aromatic rings. The van der Waals surface area contributed by atoms with Crippen LogP contribution in [-0.4, -0.2) is 16.5 Å². The van der Waals surface area contributed by atoms with E-state index in [-0.39, 0.29) is 10.8 Å². The highest BCUT2D eigenvalue weighted by Gasteiger charge is 2.59. The second kappa shape index (κ2) is 6.80. The second-order valence-corrected chi connectivity index (χ2v) is 11.1. The number of rotatable bonds is 2. The lowest BCUT2D eigenvalue weighted by Crippen LogP contribution is -2.52. The van der Waals surface area contributed by atoms with E-state index in [1.54, 1.807) is 0 Å². The summed E-state index contributed by atoms with van der Waals surface area (Å²) in [5, 5.41) is 11.5. The fraction of sp³-hybridized carbons (Fsp3) is 0.667. The summed E-state index contributed by atoms with van der Waals surface area (Å²) in [7, 11) is 0. The van der Waals surface area contributed by atoms with Crippen LogP contribution in [0, 0.1) is 28.6 Å². The molecule has 6 atom stereocenters. The summed E-state index contributed by atoms with van der Waals surface area (Å²) in [6.45, 7) is 4.73. The van der Waals surface area contributed by atoms with Crippen LogP contribution in [0.25, 0.3) is 0 Å². The molecule has 5 aliphatic carbocycles. The average molecular weight is 393 g/mol. The van der Waals surface area contributed by atoms with Crippen LogP contribution in [0.2, 0.25) is 0 Å². The number of hydrogen-bond donors (Lipinski definition) is 1. The van der Waals surface area contributed by atoms with Crippen LogP contribution < -0.4 is 0 Å². The molecule has 156 valence electrons. The van der Waals surface area contributed by atoms with Crippen LogP contribution in [0.15, 0.2) is 47.6 Å². The van der Waals surface area contributed by atoms with Gasteiger partial charge in [-0.3, -0.25) is 4.79 Å². The molecule has 2 heteroatoms. The van der Waals surface area contributed by atoms with Gasteiger partial charge in [0.1, 0.15) is 5.78 Å². The van der Waals surface area contributed by atoms with Crippen molar-refractivity contribution in [3.63, 3.8) is 0 Å². The minimum atomic E-state index is -0.606. The van der Waals surface area contributed by atoms with Gasteiger partial charge in [0.25, 0.3) is 0 Å². The number of aliphatic hydroxyl groups is 1. The number of hydrogen-bond acceptors (Lipinski definition) is 2. The molecule has 0 heterocycles. The fourth-order valence-corrected chi connectivity index (χ4v) is 7.77. The summed E-state index contributed by atoms with van der Waals surface area (Å²) in [4.78, 5) is 12.6. The molecule has 6 unspecified atom stereocenters. The lowest BCUT2D eigenvalue weighted by Gasteiger charge is -2.58. The van der Waals surface area contributed by atoms with Gasteiger partial charge in [0, 0.05) is 18.3 Å². The quantitative estimate of drug-likeness (QED) is 0.578. The van der Waals surface area contributed by atoms with Crippen LogP contribution in [-0.2, 0) is 4.79 Å². The number of carbonyl (C=O) groups excluding carboxylic acids is 1. The fourth-order valence-electron chi connectivity index (χ4n) is 7.77. The van der Waals surface area contributed by atoms with Gasteiger partial charge in [-0.25, -0.2) is 0 Å². The molecule has 0 spiro atoms. The number of Topliss-reactive ketones (excluding diaryl/α,β-unsaturated/α-hetero) is 1. The highest BCUT2D eigenvalue weighted by Crippen LogP contribution is 2.64. The molecule has 2 nitrogen and oxygen atoms in total. The maximum atomic E-state index is 12.6. The molecular weight excluding hydrogens is 356 g/mol. The van der Waals surface area contributed by atoms with Crippen molar-refractivity contribution in [1.82, 2.24) is 0 Å². The Balaban J connectivity index is 1.38. The molecule has 0 amide bonds. The highest BCUT2D eigenvalue weighted by molar-refractivity contribution is 5.87. The zero-order valence-electron chi connectivity index (χ0n) is 18.1. The molecule has 0 aliphatic heterocycles. The van der Waals surface area contributed by atoms with E-state index in [1.165, 1.54) is 17.6 Å². The molecule has 29 heavy (non-hydrogen) atoms. The zero-order valence-corrected chi connectivity index (χ0v) is 18.1. The molecule has 0 bridgehead atoms. The summed E-state index contributed by atoms with van der Waals surface area (Å²) in [6.07, 6.45) is 23.1. The smallest absolute Gasteiger partial charge is 0.139 e. The van der Waals surface area contributed by atoms with Crippen LogP contribution in [0.1, 0.15) is 78.1 Å². The first-order chi connectivity index (χ1) is 13.8. The van der Waals surface area contributed by atoms with Gasteiger partial charge in [-0.2, -0.15) is 0 Å². The third-order valence-electron chi connectivity index (χ3n) is 9.57. The minimum absolute atomic E-state index is 0.0510. The third kappa shape index (κ3) is 3.05. The number of fused-ring (bicyclic) bond motifs is 5. The van der Waals surface area contributed by atoms with Crippen molar-refractivity contribution >= 4 is 5.78 Å². The van der Waals surface area contributed by atoms with Gasteiger partial charge in [-0.05, 0) is 80.1 Å². The Morgan fingerprint density at radius 1 is 1.03 bits per heavy atom. The molecule has 0 saturated heterocycles. The molecule has 0 aromatic heterocycles. The van der Waals surface area contributed by atoms with Crippen molar-refractivity contribution in [2.24, 2.45) is 28.6 Å². The van der Waals surface area contributed by atoms with Gasteiger partial charge in [0.05, 0.1) is 5.60 Å². The first-order valence-electron chi connectivity index (χ1n) is 11.8. The summed E-state index contributed by atoms with van der Waals surface area (Å²) < 4.78 is 0. The highest BCUT2D eigenvalue weighted by atomic mass is 16.3.